The SMILES string of the molecule is CO[Si](C)(C)CCCCC(=O)OCC(F)(F)S(=O)(=O)[O-]. The van der Waals surface area contributed by atoms with Gasteiger partial charge in [0.1, 0.15) is 0 Å². The summed E-state index contributed by atoms with van der Waals surface area (Å²) in [5.41, 5.74) is 0. The molecule has 0 aromatic heterocycles. The Labute approximate surface area is 118 Å². The third-order valence-electron chi connectivity index (χ3n) is 2.73. The Bertz CT molecular complexity index is 423. The molecule has 0 unspecified atom stereocenters. The highest BCUT2D eigenvalue weighted by atomic mass is 32.2. The number of esters is 1. The minimum atomic E-state index is -5.82. The molecule has 0 rings (SSSR count). The highest BCUT2D eigenvalue weighted by Crippen LogP contribution is 2.21. The molecule has 0 N–H and O–H groups in total. The highest BCUT2D eigenvalue weighted by molar-refractivity contribution is 7.86. The molecule has 0 amide bonds. The van der Waals surface area contributed by atoms with Crippen molar-refractivity contribution in [2.24, 2.45) is 0 Å². The third-order valence-corrected chi connectivity index (χ3v) is 6.24. The molecule has 0 aromatic rings. The fraction of sp³-hybridized carbons (Fsp3) is 0.900. The zero-order valence-corrected chi connectivity index (χ0v) is 13.5. The summed E-state index contributed by atoms with van der Waals surface area (Å²) in [4.78, 5) is 11.1. The Morgan fingerprint density at radius 2 is 1.85 bits per heavy atom. The van der Waals surface area contributed by atoms with Crippen LogP contribution in [0.3, 0.4) is 0 Å². The van der Waals surface area contributed by atoms with Gasteiger partial charge in [-0.1, -0.05) is 6.42 Å². The van der Waals surface area contributed by atoms with Gasteiger partial charge in [0.25, 0.3) is 0 Å². The standard InChI is InChI=1S/C10H20F2O6SSi/c1-17-20(2,3)7-5-4-6-9(13)18-8-10(11,12)19(14,15)16/h4-8H2,1-3H3,(H,14,15,16)/p-1. The molecule has 0 saturated heterocycles. The number of hydrogen-bond acceptors (Lipinski definition) is 6. The summed E-state index contributed by atoms with van der Waals surface area (Å²) in [5, 5.41) is -4.59. The van der Waals surface area contributed by atoms with Gasteiger partial charge in [-0.3, -0.25) is 4.79 Å². The van der Waals surface area contributed by atoms with Crippen molar-refractivity contribution in [2.75, 3.05) is 13.7 Å². The molecule has 0 heterocycles. The first kappa shape index (κ1) is 19.4. The van der Waals surface area contributed by atoms with E-state index in [1.165, 1.54) is 0 Å². The van der Waals surface area contributed by atoms with Gasteiger partial charge in [0, 0.05) is 13.5 Å². The van der Waals surface area contributed by atoms with Gasteiger partial charge in [0.15, 0.2) is 25.0 Å². The largest absolute Gasteiger partial charge is 0.743 e. The average molecular weight is 333 g/mol. The minimum Gasteiger partial charge on any atom is -0.743 e. The predicted octanol–water partition coefficient (Wildman–Crippen LogP) is 1.69. The van der Waals surface area contributed by atoms with Gasteiger partial charge in [0.05, 0.1) is 0 Å². The van der Waals surface area contributed by atoms with Crippen LogP contribution >= 0.6 is 0 Å². The molecule has 0 radical (unpaired) electrons. The van der Waals surface area contributed by atoms with Crippen molar-refractivity contribution in [3.05, 3.63) is 0 Å². The molecule has 0 aromatic carbocycles. The number of rotatable bonds is 9. The van der Waals surface area contributed by atoms with Gasteiger partial charge in [-0.15, -0.1) is 0 Å². The summed E-state index contributed by atoms with van der Waals surface area (Å²) < 4.78 is 65.3. The highest BCUT2D eigenvalue weighted by Gasteiger charge is 2.39. The van der Waals surface area contributed by atoms with Crippen molar-refractivity contribution in [1.82, 2.24) is 0 Å². The molecule has 0 atom stereocenters. The second kappa shape index (κ2) is 7.43. The van der Waals surface area contributed by atoms with Crippen LogP contribution in [0.2, 0.25) is 19.1 Å². The number of hydrogen-bond donors (Lipinski definition) is 0. The lowest BCUT2D eigenvalue weighted by atomic mass is 10.2. The number of carbonyl (C=O) groups is 1. The van der Waals surface area contributed by atoms with E-state index in [4.69, 9.17) is 4.43 Å². The summed E-state index contributed by atoms with van der Waals surface area (Å²) >= 11 is 0. The van der Waals surface area contributed by atoms with Crippen molar-refractivity contribution < 1.29 is 35.7 Å². The Balaban J connectivity index is 3.98. The van der Waals surface area contributed by atoms with Crippen LogP contribution in [0.5, 0.6) is 0 Å². The van der Waals surface area contributed by atoms with Crippen LogP contribution in [-0.4, -0.2) is 46.2 Å². The first-order valence-electron chi connectivity index (χ1n) is 5.95. The van der Waals surface area contributed by atoms with E-state index in [-0.39, 0.29) is 6.42 Å². The average Bonchev–Trinajstić information content (AvgIpc) is 2.31. The molecule has 10 heteroatoms. The molecular weight excluding hydrogens is 314 g/mol. The minimum absolute atomic E-state index is 0.108. The Hall–Kier alpha value is -0.583. The molecule has 0 aliphatic rings. The maximum Gasteiger partial charge on any atom is 0.367 e. The molecule has 0 aliphatic carbocycles. The number of unbranched alkanes of at least 4 members (excludes halogenated alkanes) is 1. The zero-order chi connectivity index (χ0) is 16.0. The van der Waals surface area contributed by atoms with E-state index >= 15 is 0 Å². The second-order valence-electron chi connectivity index (χ2n) is 4.92. The molecule has 0 saturated carbocycles. The van der Waals surface area contributed by atoms with E-state index in [1.54, 1.807) is 7.11 Å². The van der Waals surface area contributed by atoms with Crippen LogP contribution in [-0.2, 0) is 24.1 Å². The van der Waals surface area contributed by atoms with E-state index in [0.29, 0.717) is 12.8 Å². The molecule has 20 heavy (non-hydrogen) atoms. The van der Waals surface area contributed by atoms with E-state index in [0.717, 1.165) is 6.04 Å². The van der Waals surface area contributed by atoms with E-state index < -0.39 is 36.3 Å². The number of halogens is 2. The van der Waals surface area contributed by atoms with Crippen molar-refractivity contribution >= 4 is 24.4 Å². The molecule has 6 nitrogen and oxygen atoms in total. The van der Waals surface area contributed by atoms with Crippen LogP contribution < -0.4 is 0 Å². The number of ether oxygens (including phenoxy) is 1. The Morgan fingerprint density at radius 3 is 2.30 bits per heavy atom. The lowest BCUT2D eigenvalue weighted by Gasteiger charge is -2.20. The van der Waals surface area contributed by atoms with Crippen LogP contribution in [0.4, 0.5) is 8.78 Å². The smallest absolute Gasteiger partial charge is 0.367 e. The zero-order valence-electron chi connectivity index (χ0n) is 11.6. The topological polar surface area (TPSA) is 92.7 Å². The third kappa shape index (κ3) is 7.27. The molecule has 0 bridgehead atoms. The van der Waals surface area contributed by atoms with Crippen LogP contribution in [0, 0.1) is 0 Å². The lowest BCUT2D eigenvalue weighted by molar-refractivity contribution is -0.149. The molecule has 120 valence electrons. The van der Waals surface area contributed by atoms with Gasteiger partial charge in [-0.2, -0.15) is 8.78 Å². The fourth-order valence-corrected chi connectivity index (χ4v) is 2.74. The second-order valence-corrected chi connectivity index (χ2v) is 10.9. The predicted molar refractivity (Wildman–Crippen MR) is 68.8 cm³/mol. The maximum absolute atomic E-state index is 12.7. The van der Waals surface area contributed by atoms with Crippen LogP contribution in [0.1, 0.15) is 19.3 Å². The normalized spacial score (nSPS) is 13.3. The van der Waals surface area contributed by atoms with E-state index in [1.807, 2.05) is 13.1 Å². The van der Waals surface area contributed by atoms with Gasteiger partial charge in [0.2, 0.25) is 0 Å². The van der Waals surface area contributed by atoms with Crippen molar-refractivity contribution in [3.8, 4) is 0 Å². The van der Waals surface area contributed by atoms with E-state index in [9.17, 15) is 26.5 Å². The van der Waals surface area contributed by atoms with Crippen molar-refractivity contribution in [3.63, 3.8) is 0 Å². The van der Waals surface area contributed by atoms with Gasteiger partial charge in [-0.25, -0.2) is 8.42 Å². The Morgan fingerprint density at radius 1 is 1.30 bits per heavy atom. The monoisotopic (exact) mass is 333 g/mol. The molecular formula is C10H19F2O6SSi-. The lowest BCUT2D eigenvalue weighted by Crippen LogP contribution is -2.34. The first-order chi connectivity index (χ1) is 8.91. The molecule has 0 fully saturated rings. The van der Waals surface area contributed by atoms with Crippen molar-refractivity contribution in [1.29, 1.82) is 0 Å². The van der Waals surface area contributed by atoms with E-state index in [2.05, 4.69) is 4.74 Å². The summed E-state index contributed by atoms with van der Waals surface area (Å²) in [6.07, 6.45) is 0.996. The van der Waals surface area contributed by atoms with Crippen LogP contribution in [0.15, 0.2) is 0 Å². The fourth-order valence-electron chi connectivity index (χ4n) is 1.23. The quantitative estimate of drug-likeness (QED) is 0.276. The summed E-state index contributed by atoms with van der Waals surface area (Å²) in [6.45, 7) is 2.27. The van der Waals surface area contributed by atoms with Gasteiger partial charge >= 0.3 is 11.2 Å². The van der Waals surface area contributed by atoms with Gasteiger partial charge < -0.3 is 13.7 Å². The van der Waals surface area contributed by atoms with Crippen LogP contribution in [0.25, 0.3) is 0 Å². The number of alkyl halides is 2. The molecule has 0 spiro atoms. The Kier molecular flexibility index (Phi) is 7.22. The number of carbonyl (C=O) groups excluding carboxylic acids is 1. The van der Waals surface area contributed by atoms with Gasteiger partial charge in [-0.05, 0) is 25.6 Å². The summed E-state index contributed by atoms with van der Waals surface area (Å²) in [5.74, 6) is -0.954. The van der Waals surface area contributed by atoms with Crippen molar-refractivity contribution in [2.45, 2.75) is 43.7 Å². The molecule has 0 aliphatic heterocycles. The first-order valence-corrected chi connectivity index (χ1v) is 10.5. The summed E-state index contributed by atoms with van der Waals surface area (Å²) in [6, 6.07) is 0.807. The maximum atomic E-state index is 12.7. The summed E-state index contributed by atoms with van der Waals surface area (Å²) in [7, 11) is -5.92.